The number of ether oxygens (including phenoxy) is 1. The van der Waals surface area contributed by atoms with Crippen molar-refractivity contribution in [3.8, 4) is 0 Å². The molecule has 30 heavy (non-hydrogen) atoms. The van der Waals surface area contributed by atoms with Crippen molar-refractivity contribution in [1.29, 1.82) is 0 Å². The first-order chi connectivity index (χ1) is 14.2. The van der Waals surface area contributed by atoms with Gasteiger partial charge in [-0.15, -0.1) is 0 Å². The molecule has 0 saturated carbocycles. The summed E-state index contributed by atoms with van der Waals surface area (Å²) in [7, 11) is 0. The second kappa shape index (κ2) is 8.85. The number of hydrogen-bond acceptors (Lipinski definition) is 7. The summed E-state index contributed by atoms with van der Waals surface area (Å²) in [4.78, 5) is 45.5. The first-order valence-corrected chi connectivity index (χ1v) is 10.3. The van der Waals surface area contributed by atoms with Gasteiger partial charge in [0.15, 0.2) is 0 Å². The number of piperidine rings is 1. The van der Waals surface area contributed by atoms with E-state index in [4.69, 9.17) is 4.74 Å². The van der Waals surface area contributed by atoms with Crippen LogP contribution in [0.15, 0.2) is 18.3 Å². The molecule has 10 nitrogen and oxygen atoms in total. The maximum absolute atomic E-state index is 12.9. The van der Waals surface area contributed by atoms with Gasteiger partial charge in [0.1, 0.15) is 12.1 Å². The standard InChI is InChI=1S/C20H29N5O5/c1-20(2,3)30-19(27)23-10-5-11-24(17(26)14-23)15-7-12-22(13-8-15)18-16(25(28)29)6-4-9-21-18/h4,6,9,15H,5,7-8,10-14H2,1-3H3. The highest BCUT2D eigenvalue weighted by Gasteiger charge is 2.34. The van der Waals surface area contributed by atoms with Crippen molar-refractivity contribution in [3.63, 3.8) is 0 Å². The lowest BCUT2D eigenvalue weighted by molar-refractivity contribution is -0.384. The van der Waals surface area contributed by atoms with E-state index in [9.17, 15) is 19.7 Å². The van der Waals surface area contributed by atoms with Crippen molar-refractivity contribution in [2.75, 3.05) is 37.6 Å². The van der Waals surface area contributed by atoms with Gasteiger partial charge in [0.2, 0.25) is 11.7 Å². The average Bonchev–Trinajstić information content (AvgIpc) is 2.88. The second-order valence-electron chi connectivity index (χ2n) is 8.66. The normalized spacial score (nSPS) is 18.9. The molecule has 0 aromatic carbocycles. The number of rotatable bonds is 3. The number of pyridine rings is 1. The zero-order valence-electron chi connectivity index (χ0n) is 17.7. The Morgan fingerprint density at radius 3 is 2.57 bits per heavy atom. The van der Waals surface area contributed by atoms with E-state index in [0.717, 1.165) is 0 Å². The van der Waals surface area contributed by atoms with Crippen LogP contribution in [0.2, 0.25) is 0 Å². The molecule has 0 spiro atoms. The van der Waals surface area contributed by atoms with Crippen LogP contribution >= 0.6 is 0 Å². The van der Waals surface area contributed by atoms with Crippen LogP contribution in [-0.4, -0.2) is 76.1 Å². The fraction of sp³-hybridized carbons (Fsp3) is 0.650. The predicted octanol–water partition coefficient (Wildman–Crippen LogP) is 2.43. The number of amides is 2. The topological polar surface area (TPSA) is 109 Å². The molecule has 0 bridgehead atoms. The van der Waals surface area contributed by atoms with E-state index in [0.29, 0.717) is 51.3 Å². The highest BCUT2D eigenvalue weighted by molar-refractivity contribution is 5.83. The van der Waals surface area contributed by atoms with Crippen molar-refractivity contribution < 1.29 is 19.2 Å². The van der Waals surface area contributed by atoms with Crippen LogP contribution in [0.25, 0.3) is 0 Å². The van der Waals surface area contributed by atoms with Crippen molar-refractivity contribution in [2.24, 2.45) is 0 Å². The molecule has 1 aromatic rings. The summed E-state index contributed by atoms with van der Waals surface area (Å²) in [5.41, 5.74) is -0.609. The zero-order valence-corrected chi connectivity index (χ0v) is 17.7. The van der Waals surface area contributed by atoms with Crippen LogP contribution in [0.3, 0.4) is 0 Å². The van der Waals surface area contributed by atoms with Crippen molar-refractivity contribution >= 4 is 23.5 Å². The molecule has 0 N–H and O–H groups in total. The lowest BCUT2D eigenvalue weighted by Gasteiger charge is -2.38. The Morgan fingerprint density at radius 1 is 1.23 bits per heavy atom. The molecule has 1 aromatic heterocycles. The summed E-state index contributed by atoms with van der Waals surface area (Å²) in [6, 6.07) is 3.06. The molecule has 0 unspecified atom stereocenters. The molecule has 3 rings (SSSR count). The van der Waals surface area contributed by atoms with Gasteiger partial charge in [-0.2, -0.15) is 0 Å². The minimum absolute atomic E-state index is 0.00481. The third kappa shape index (κ3) is 5.17. The van der Waals surface area contributed by atoms with Gasteiger partial charge in [-0.3, -0.25) is 19.8 Å². The van der Waals surface area contributed by atoms with E-state index in [-0.39, 0.29) is 24.2 Å². The van der Waals surface area contributed by atoms with Gasteiger partial charge < -0.3 is 14.5 Å². The highest BCUT2D eigenvalue weighted by Crippen LogP contribution is 2.29. The van der Waals surface area contributed by atoms with E-state index in [1.807, 2.05) is 9.80 Å². The lowest BCUT2D eigenvalue weighted by Crippen LogP contribution is -2.49. The van der Waals surface area contributed by atoms with Gasteiger partial charge in [-0.05, 0) is 46.1 Å². The second-order valence-corrected chi connectivity index (χ2v) is 8.66. The molecule has 2 aliphatic heterocycles. The van der Waals surface area contributed by atoms with Crippen LogP contribution in [0.1, 0.15) is 40.0 Å². The number of carbonyl (C=O) groups excluding carboxylic acids is 2. The molecule has 2 aliphatic rings. The van der Waals surface area contributed by atoms with Crippen LogP contribution in [0.4, 0.5) is 16.3 Å². The van der Waals surface area contributed by atoms with Crippen LogP contribution in [-0.2, 0) is 9.53 Å². The quantitative estimate of drug-likeness (QED) is 0.547. The summed E-state index contributed by atoms with van der Waals surface area (Å²) in [5.74, 6) is 0.292. The lowest BCUT2D eigenvalue weighted by atomic mass is 10.0. The largest absolute Gasteiger partial charge is 0.444 e. The van der Waals surface area contributed by atoms with E-state index in [1.54, 1.807) is 33.0 Å². The maximum atomic E-state index is 12.9. The highest BCUT2D eigenvalue weighted by atomic mass is 16.6. The molecule has 3 heterocycles. The Balaban J connectivity index is 1.60. The number of nitro groups is 1. The van der Waals surface area contributed by atoms with Crippen molar-refractivity contribution in [2.45, 2.75) is 51.7 Å². The Labute approximate surface area is 175 Å². The van der Waals surface area contributed by atoms with Gasteiger partial charge >= 0.3 is 11.8 Å². The summed E-state index contributed by atoms with van der Waals surface area (Å²) < 4.78 is 5.40. The first-order valence-electron chi connectivity index (χ1n) is 10.3. The molecular formula is C20H29N5O5. The van der Waals surface area contributed by atoms with Gasteiger partial charge in [0, 0.05) is 44.5 Å². The number of hydrogen-bond donors (Lipinski definition) is 0. The Kier molecular flexibility index (Phi) is 6.42. The molecule has 2 amide bonds. The third-order valence-corrected chi connectivity index (χ3v) is 5.29. The minimum atomic E-state index is -0.604. The Hall–Kier alpha value is -2.91. The van der Waals surface area contributed by atoms with Crippen LogP contribution < -0.4 is 4.90 Å². The summed E-state index contributed by atoms with van der Waals surface area (Å²) >= 11 is 0. The summed E-state index contributed by atoms with van der Waals surface area (Å²) in [6.07, 6.45) is 3.18. The number of anilines is 1. The van der Waals surface area contributed by atoms with Crippen LogP contribution in [0.5, 0.6) is 0 Å². The Bertz CT molecular complexity index is 801. The minimum Gasteiger partial charge on any atom is -0.444 e. The number of carbonyl (C=O) groups is 2. The predicted molar refractivity (Wildman–Crippen MR) is 110 cm³/mol. The van der Waals surface area contributed by atoms with E-state index < -0.39 is 16.6 Å². The maximum Gasteiger partial charge on any atom is 0.410 e. The number of nitrogens with zero attached hydrogens (tertiary/aromatic N) is 5. The van der Waals surface area contributed by atoms with Gasteiger partial charge in [-0.1, -0.05) is 0 Å². The first kappa shape index (κ1) is 21.8. The molecule has 10 heteroatoms. The van der Waals surface area contributed by atoms with Crippen molar-refractivity contribution in [3.05, 3.63) is 28.4 Å². The third-order valence-electron chi connectivity index (χ3n) is 5.29. The van der Waals surface area contributed by atoms with Crippen LogP contribution in [0, 0.1) is 10.1 Å². The molecule has 2 saturated heterocycles. The fourth-order valence-electron chi connectivity index (χ4n) is 3.92. The van der Waals surface area contributed by atoms with Crippen molar-refractivity contribution in [1.82, 2.24) is 14.8 Å². The summed E-state index contributed by atoms with van der Waals surface area (Å²) in [5, 5.41) is 11.3. The number of aromatic nitrogens is 1. The summed E-state index contributed by atoms with van der Waals surface area (Å²) in [6.45, 7) is 7.66. The van der Waals surface area contributed by atoms with E-state index >= 15 is 0 Å². The molecule has 0 radical (unpaired) electrons. The molecule has 0 atom stereocenters. The molecule has 2 fully saturated rings. The monoisotopic (exact) mass is 419 g/mol. The van der Waals surface area contributed by atoms with Gasteiger partial charge in [0.25, 0.3) is 0 Å². The van der Waals surface area contributed by atoms with Gasteiger partial charge in [0.05, 0.1) is 4.92 Å². The average molecular weight is 419 g/mol. The molecule has 164 valence electrons. The fourth-order valence-corrected chi connectivity index (χ4v) is 3.92. The van der Waals surface area contributed by atoms with Gasteiger partial charge in [-0.25, -0.2) is 9.78 Å². The molecular weight excluding hydrogens is 390 g/mol. The molecule has 0 aliphatic carbocycles. The Morgan fingerprint density at radius 2 is 1.93 bits per heavy atom. The van der Waals surface area contributed by atoms with E-state index in [2.05, 4.69) is 4.98 Å². The van der Waals surface area contributed by atoms with E-state index in [1.165, 1.54) is 11.0 Å². The zero-order chi connectivity index (χ0) is 21.9. The SMILES string of the molecule is CC(C)(C)OC(=O)N1CCCN(C2CCN(c3ncccc3[N+](=O)[O-])CC2)C(=O)C1. The smallest absolute Gasteiger partial charge is 0.410 e.